The summed E-state index contributed by atoms with van der Waals surface area (Å²) in [7, 11) is 0. The summed E-state index contributed by atoms with van der Waals surface area (Å²) >= 11 is 0. The molecule has 0 unspecified atom stereocenters. The van der Waals surface area contributed by atoms with Crippen LogP contribution in [0.5, 0.6) is 0 Å². The molecule has 0 aliphatic carbocycles. The molecule has 2 aromatic carbocycles. The predicted octanol–water partition coefficient (Wildman–Crippen LogP) is 4.49. The van der Waals surface area contributed by atoms with Gasteiger partial charge in [0.1, 0.15) is 0 Å². The van der Waals surface area contributed by atoms with Crippen LogP contribution in [-0.4, -0.2) is 0 Å². The number of hydrogen-bond donors (Lipinski definition) is 0. The highest BCUT2D eigenvalue weighted by Crippen LogP contribution is 2.19. The fraction of sp³-hybridized carbons (Fsp3) is 0.235. The molecule has 1 radical (unpaired) electrons. The van der Waals surface area contributed by atoms with E-state index < -0.39 is 0 Å². The smallest absolute Gasteiger partial charge is 0.0202 e. The minimum Gasteiger partial charge on any atom is -0.0625 e. The standard InChI is InChI=1S/C17H19/c1-14(2)12-16-10-6-7-11-17(16)13-15-8-4-3-5-9-15/h3-11,13-14H,12H2,1-2H3. The average Bonchev–Trinajstić information content (AvgIpc) is 2.32. The molecule has 0 amide bonds. The first-order valence-corrected chi connectivity index (χ1v) is 6.23. The molecule has 0 aliphatic rings. The summed E-state index contributed by atoms with van der Waals surface area (Å²) in [5, 5.41) is 0. The first-order chi connectivity index (χ1) is 8.25. The Balaban J connectivity index is 2.20. The summed E-state index contributed by atoms with van der Waals surface area (Å²) in [4.78, 5) is 0. The Morgan fingerprint density at radius 2 is 1.53 bits per heavy atom. The lowest BCUT2D eigenvalue weighted by Crippen LogP contribution is -1.98. The predicted molar refractivity (Wildman–Crippen MR) is 73.9 cm³/mol. The molecule has 0 fully saturated rings. The first-order valence-electron chi connectivity index (χ1n) is 6.23. The third-order valence-electron chi connectivity index (χ3n) is 2.80. The molecular formula is C17H19. The number of hydrogen-bond acceptors (Lipinski definition) is 0. The minimum absolute atomic E-state index is 0.695. The van der Waals surface area contributed by atoms with Gasteiger partial charge in [0.2, 0.25) is 0 Å². The number of benzene rings is 2. The lowest BCUT2D eigenvalue weighted by atomic mass is 9.94. The second-order valence-corrected chi connectivity index (χ2v) is 4.85. The Kier molecular flexibility index (Phi) is 3.98. The molecule has 0 spiro atoms. The molecule has 0 aromatic heterocycles. The summed E-state index contributed by atoms with van der Waals surface area (Å²) in [6, 6.07) is 19.2. The monoisotopic (exact) mass is 223 g/mol. The molecule has 87 valence electrons. The van der Waals surface area contributed by atoms with Crippen LogP contribution < -0.4 is 0 Å². The molecule has 0 nitrogen and oxygen atoms in total. The molecule has 0 heteroatoms. The van der Waals surface area contributed by atoms with Crippen molar-refractivity contribution in [1.82, 2.24) is 0 Å². The lowest BCUT2D eigenvalue weighted by molar-refractivity contribution is 0.645. The SMILES string of the molecule is CC(C)Cc1ccccc1[CH]c1ccccc1. The van der Waals surface area contributed by atoms with Gasteiger partial charge in [-0.25, -0.2) is 0 Å². The normalized spacial score (nSPS) is 10.8. The topological polar surface area (TPSA) is 0 Å². The quantitative estimate of drug-likeness (QED) is 0.716. The van der Waals surface area contributed by atoms with Gasteiger partial charge in [0.15, 0.2) is 0 Å². The van der Waals surface area contributed by atoms with Gasteiger partial charge < -0.3 is 0 Å². The van der Waals surface area contributed by atoms with Crippen molar-refractivity contribution < 1.29 is 0 Å². The third kappa shape index (κ3) is 3.45. The zero-order chi connectivity index (χ0) is 12.1. The molecule has 0 saturated heterocycles. The fourth-order valence-electron chi connectivity index (χ4n) is 2.03. The number of rotatable bonds is 4. The van der Waals surface area contributed by atoms with Gasteiger partial charge in [0.25, 0.3) is 0 Å². The van der Waals surface area contributed by atoms with Crippen LogP contribution in [0.3, 0.4) is 0 Å². The maximum atomic E-state index is 2.26. The van der Waals surface area contributed by atoms with E-state index in [-0.39, 0.29) is 0 Å². The van der Waals surface area contributed by atoms with E-state index in [1.807, 2.05) is 0 Å². The van der Waals surface area contributed by atoms with E-state index in [0.717, 1.165) is 6.42 Å². The van der Waals surface area contributed by atoms with E-state index in [1.165, 1.54) is 16.7 Å². The zero-order valence-corrected chi connectivity index (χ0v) is 10.6. The van der Waals surface area contributed by atoms with Crippen LogP contribution in [0.2, 0.25) is 0 Å². The van der Waals surface area contributed by atoms with E-state index in [9.17, 15) is 0 Å². The summed E-state index contributed by atoms with van der Waals surface area (Å²) in [6.45, 7) is 4.53. The van der Waals surface area contributed by atoms with Crippen molar-refractivity contribution in [1.29, 1.82) is 0 Å². The van der Waals surface area contributed by atoms with E-state index >= 15 is 0 Å². The highest BCUT2D eigenvalue weighted by molar-refractivity contribution is 5.41. The van der Waals surface area contributed by atoms with Crippen molar-refractivity contribution in [3.05, 3.63) is 77.7 Å². The Bertz CT molecular complexity index is 454. The van der Waals surface area contributed by atoms with Crippen molar-refractivity contribution >= 4 is 0 Å². The van der Waals surface area contributed by atoms with E-state index in [1.54, 1.807) is 0 Å². The van der Waals surface area contributed by atoms with Gasteiger partial charge in [-0.15, -0.1) is 0 Å². The molecule has 0 aliphatic heterocycles. The van der Waals surface area contributed by atoms with Gasteiger partial charge in [-0.1, -0.05) is 68.4 Å². The van der Waals surface area contributed by atoms with Gasteiger partial charge in [0.05, 0.1) is 0 Å². The van der Waals surface area contributed by atoms with Crippen molar-refractivity contribution in [2.75, 3.05) is 0 Å². The fourth-order valence-corrected chi connectivity index (χ4v) is 2.03. The van der Waals surface area contributed by atoms with Crippen LogP contribution in [0.15, 0.2) is 54.6 Å². The maximum Gasteiger partial charge on any atom is 0.0202 e. The van der Waals surface area contributed by atoms with Gasteiger partial charge in [-0.05, 0) is 29.0 Å². The molecule has 0 bridgehead atoms. The van der Waals surface area contributed by atoms with Crippen molar-refractivity contribution in [3.63, 3.8) is 0 Å². The van der Waals surface area contributed by atoms with E-state index in [4.69, 9.17) is 0 Å². The molecule has 2 rings (SSSR count). The molecular weight excluding hydrogens is 204 g/mol. The van der Waals surface area contributed by atoms with Crippen LogP contribution in [0.1, 0.15) is 30.5 Å². The molecule has 0 atom stereocenters. The van der Waals surface area contributed by atoms with E-state index in [2.05, 4.69) is 74.9 Å². The highest BCUT2D eigenvalue weighted by atomic mass is 14.1. The molecule has 2 aromatic rings. The minimum atomic E-state index is 0.695. The summed E-state index contributed by atoms with van der Waals surface area (Å²) in [5.74, 6) is 0.695. The summed E-state index contributed by atoms with van der Waals surface area (Å²) < 4.78 is 0. The molecule has 17 heavy (non-hydrogen) atoms. The van der Waals surface area contributed by atoms with Gasteiger partial charge in [-0.3, -0.25) is 0 Å². The first kappa shape index (κ1) is 11.9. The van der Waals surface area contributed by atoms with Crippen LogP contribution in [-0.2, 0) is 6.42 Å². The lowest BCUT2D eigenvalue weighted by Gasteiger charge is -2.11. The second-order valence-electron chi connectivity index (χ2n) is 4.85. The van der Waals surface area contributed by atoms with Crippen LogP contribution >= 0.6 is 0 Å². The maximum absolute atomic E-state index is 2.26. The second kappa shape index (κ2) is 5.67. The van der Waals surface area contributed by atoms with Crippen molar-refractivity contribution in [2.45, 2.75) is 20.3 Å². The molecule has 0 saturated carbocycles. The Morgan fingerprint density at radius 3 is 2.24 bits per heavy atom. The highest BCUT2D eigenvalue weighted by Gasteiger charge is 2.05. The van der Waals surface area contributed by atoms with E-state index in [0.29, 0.717) is 5.92 Å². The zero-order valence-electron chi connectivity index (χ0n) is 10.6. The Morgan fingerprint density at radius 1 is 0.882 bits per heavy atom. The molecule has 0 N–H and O–H groups in total. The third-order valence-corrected chi connectivity index (χ3v) is 2.80. The van der Waals surface area contributed by atoms with Gasteiger partial charge >= 0.3 is 0 Å². The van der Waals surface area contributed by atoms with Crippen LogP contribution in [0, 0.1) is 12.3 Å². The van der Waals surface area contributed by atoms with Crippen molar-refractivity contribution in [2.24, 2.45) is 5.92 Å². The molecule has 0 heterocycles. The van der Waals surface area contributed by atoms with Gasteiger partial charge in [0, 0.05) is 6.42 Å². The Hall–Kier alpha value is -1.56. The Labute approximate surface area is 104 Å². The average molecular weight is 223 g/mol. The summed E-state index contributed by atoms with van der Waals surface area (Å²) in [6.07, 6.45) is 3.40. The van der Waals surface area contributed by atoms with Crippen LogP contribution in [0.25, 0.3) is 0 Å². The van der Waals surface area contributed by atoms with Gasteiger partial charge in [-0.2, -0.15) is 0 Å². The van der Waals surface area contributed by atoms with Crippen molar-refractivity contribution in [3.8, 4) is 0 Å². The largest absolute Gasteiger partial charge is 0.0625 e. The van der Waals surface area contributed by atoms with Crippen LogP contribution in [0.4, 0.5) is 0 Å². The summed E-state index contributed by atoms with van der Waals surface area (Å²) in [5.41, 5.74) is 4.04.